The minimum Gasteiger partial charge on any atom is -0.481 e. The van der Waals surface area contributed by atoms with E-state index in [9.17, 15) is 9.59 Å². The van der Waals surface area contributed by atoms with E-state index in [-0.39, 0.29) is 5.91 Å². The zero-order valence-corrected chi connectivity index (χ0v) is 16.8. The van der Waals surface area contributed by atoms with Crippen LogP contribution in [0.5, 0.6) is 0 Å². The molecule has 3 aromatic rings. The summed E-state index contributed by atoms with van der Waals surface area (Å²) >= 11 is 0. The predicted molar refractivity (Wildman–Crippen MR) is 112 cm³/mol. The van der Waals surface area contributed by atoms with Crippen LogP contribution >= 0.6 is 0 Å². The van der Waals surface area contributed by atoms with Crippen molar-refractivity contribution in [3.63, 3.8) is 0 Å². The molecule has 0 spiro atoms. The molecule has 0 radical (unpaired) electrons. The highest BCUT2D eigenvalue weighted by molar-refractivity contribution is 6.04. The lowest BCUT2D eigenvalue weighted by atomic mass is 10.0. The Labute approximate surface area is 170 Å². The highest BCUT2D eigenvalue weighted by Crippen LogP contribution is 2.15. The van der Waals surface area contributed by atoms with Crippen LogP contribution in [0.15, 0.2) is 54.6 Å². The first-order chi connectivity index (χ1) is 13.8. The third-order valence-corrected chi connectivity index (χ3v) is 4.83. The Hall–Kier alpha value is -3.41. The van der Waals surface area contributed by atoms with Crippen LogP contribution in [-0.4, -0.2) is 26.8 Å². The quantitative estimate of drug-likeness (QED) is 0.636. The van der Waals surface area contributed by atoms with Crippen molar-refractivity contribution in [1.29, 1.82) is 0 Å². The number of carboxylic acids is 1. The zero-order valence-electron chi connectivity index (χ0n) is 16.8. The third kappa shape index (κ3) is 5.31. The van der Waals surface area contributed by atoms with Crippen molar-refractivity contribution in [3.8, 4) is 0 Å². The van der Waals surface area contributed by atoms with Gasteiger partial charge in [0.15, 0.2) is 0 Å². The number of carbonyl (C=O) groups is 2. The standard InChI is InChI=1S/C23H25N3O3/c1-15(23(28)29)12-18-6-10-21(11-7-18)24-22(27)20-8-4-19(5-9-20)14-26-17(3)13-16(2)25-26/h4-11,13,15H,12,14H2,1-3H3,(H,24,27)(H,28,29). The maximum atomic E-state index is 12.5. The molecular formula is C23H25N3O3. The number of rotatable bonds is 7. The van der Waals surface area contributed by atoms with Crippen molar-refractivity contribution < 1.29 is 14.7 Å². The lowest BCUT2D eigenvalue weighted by Gasteiger charge is -2.09. The Bertz CT molecular complexity index is 1000. The van der Waals surface area contributed by atoms with Crippen LogP contribution in [0.25, 0.3) is 0 Å². The van der Waals surface area contributed by atoms with Crippen molar-refractivity contribution in [1.82, 2.24) is 9.78 Å². The Balaban J connectivity index is 1.60. The number of aryl methyl sites for hydroxylation is 2. The number of nitrogens with zero attached hydrogens (tertiary/aromatic N) is 2. The van der Waals surface area contributed by atoms with Crippen LogP contribution in [0.3, 0.4) is 0 Å². The van der Waals surface area contributed by atoms with Gasteiger partial charge in [-0.2, -0.15) is 5.10 Å². The van der Waals surface area contributed by atoms with Gasteiger partial charge in [-0.1, -0.05) is 31.2 Å². The molecule has 29 heavy (non-hydrogen) atoms. The summed E-state index contributed by atoms with van der Waals surface area (Å²) in [4.78, 5) is 23.4. The number of aliphatic carboxylic acids is 1. The van der Waals surface area contributed by atoms with Crippen molar-refractivity contribution in [2.45, 2.75) is 33.7 Å². The monoisotopic (exact) mass is 391 g/mol. The van der Waals surface area contributed by atoms with Gasteiger partial charge in [0.05, 0.1) is 18.2 Å². The minimum atomic E-state index is -0.816. The molecule has 2 N–H and O–H groups in total. The Morgan fingerprint density at radius 3 is 2.21 bits per heavy atom. The number of carboxylic acid groups (broad SMARTS) is 1. The Morgan fingerprint density at radius 1 is 1.03 bits per heavy atom. The molecule has 6 nitrogen and oxygen atoms in total. The first kappa shape index (κ1) is 20.3. The second-order valence-electron chi connectivity index (χ2n) is 7.38. The molecule has 0 aliphatic carbocycles. The number of hydrogen-bond donors (Lipinski definition) is 2. The van der Waals surface area contributed by atoms with Gasteiger partial charge >= 0.3 is 5.97 Å². The maximum absolute atomic E-state index is 12.5. The Kier molecular flexibility index (Phi) is 6.12. The van der Waals surface area contributed by atoms with E-state index in [2.05, 4.69) is 10.4 Å². The largest absolute Gasteiger partial charge is 0.481 e. The first-order valence-corrected chi connectivity index (χ1v) is 9.55. The fourth-order valence-corrected chi connectivity index (χ4v) is 3.14. The summed E-state index contributed by atoms with van der Waals surface area (Å²) in [6, 6.07) is 16.8. The topological polar surface area (TPSA) is 84.2 Å². The molecule has 6 heteroatoms. The molecular weight excluding hydrogens is 366 g/mol. The van der Waals surface area contributed by atoms with E-state index in [0.29, 0.717) is 24.2 Å². The van der Waals surface area contributed by atoms with Gasteiger partial charge in [-0.3, -0.25) is 14.3 Å². The highest BCUT2D eigenvalue weighted by atomic mass is 16.4. The molecule has 1 heterocycles. The predicted octanol–water partition coefficient (Wildman–Crippen LogP) is 4.06. The molecule has 2 aromatic carbocycles. The average molecular weight is 391 g/mol. The van der Waals surface area contributed by atoms with E-state index < -0.39 is 11.9 Å². The lowest BCUT2D eigenvalue weighted by molar-refractivity contribution is -0.141. The van der Waals surface area contributed by atoms with E-state index in [1.807, 2.05) is 48.9 Å². The molecule has 1 amide bonds. The third-order valence-electron chi connectivity index (χ3n) is 4.83. The van der Waals surface area contributed by atoms with Crippen molar-refractivity contribution >= 4 is 17.6 Å². The van der Waals surface area contributed by atoms with E-state index in [0.717, 1.165) is 22.5 Å². The fourth-order valence-electron chi connectivity index (χ4n) is 3.14. The fraction of sp³-hybridized carbons (Fsp3) is 0.261. The zero-order chi connectivity index (χ0) is 21.0. The molecule has 150 valence electrons. The van der Waals surface area contributed by atoms with Crippen LogP contribution in [-0.2, 0) is 17.8 Å². The molecule has 0 fully saturated rings. The van der Waals surface area contributed by atoms with E-state index >= 15 is 0 Å². The van der Waals surface area contributed by atoms with Gasteiger partial charge in [0, 0.05) is 16.9 Å². The van der Waals surface area contributed by atoms with Gasteiger partial charge in [-0.25, -0.2) is 0 Å². The number of hydrogen-bond acceptors (Lipinski definition) is 3. The molecule has 0 saturated carbocycles. The second-order valence-corrected chi connectivity index (χ2v) is 7.38. The maximum Gasteiger partial charge on any atom is 0.306 e. The van der Waals surface area contributed by atoms with Gasteiger partial charge < -0.3 is 10.4 Å². The van der Waals surface area contributed by atoms with Gasteiger partial charge in [0.1, 0.15) is 0 Å². The second kappa shape index (κ2) is 8.73. The number of aromatic nitrogens is 2. The summed E-state index contributed by atoms with van der Waals surface area (Å²) in [6.45, 7) is 6.33. The summed E-state index contributed by atoms with van der Waals surface area (Å²) in [6.07, 6.45) is 0.459. The summed E-state index contributed by atoms with van der Waals surface area (Å²) < 4.78 is 1.94. The molecule has 0 aliphatic heterocycles. The number of anilines is 1. The Morgan fingerprint density at radius 2 is 1.66 bits per heavy atom. The van der Waals surface area contributed by atoms with Gasteiger partial charge in [-0.15, -0.1) is 0 Å². The molecule has 1 unspecified atom stereocenters. The summed E-state index contributed by atoms with van der Waals surface area (Å²) in [5.74, 6) is -1.44. The van der Waals surface area contributed by atoms with E-state index in [1.165, 1.54) is 0 Å². The normalized spacial score (nSPS) is 11.8. The number of carbonyl (C=O) groups excluding carboxylic acids is 1. The van der Waals surface area contributed by atoms with Gasteiger partial charge in [0.25, 0.3) is 5.91 Å². The number of amides is 1. The van der Waals surface area contributed by atoms with Crippen LogP contribution in [0.2, 0.25) is 0 Å². The molecule has 0 saturated heterocycles. The molecule has 0 aliphatic rings. The highest BCUT2D eigenvalue weighted by Gasteiger charge is 2.12. The van der Waals surface area contributed by atoms with Crippen molar-refractivity contribution in [2.75, 3.05) is 5.32 Å². The first-order valence-electron chi connectivity index (χ1n) is 9.55. The van der Waals surface area contributed by atoms with Crippen molar-refractivity contribution in [3.05, 3.63) is 82.7 Å². The van der Waals surface area contributed by atoms with Crippen LogP contribution in [0.1, 0.15) is 39.8 Å². The number of benzene rings is 2. The van der Waals surface area contributed by atoms with Crippen LogP contribution in [0, 0.1) is 19.8 Å². The molecule has 3 rings (SSSR count). The lowest BCUT2D eigenvalue weighted by Crippen LogP contribution is -2.13. The molecule has 1 aromatic heterocycles. The minimum absolute atomic E-state index is 0.186. The van der Waals surface area contributed by atoms with Crippen LogP contribution < -0.4 is 5.32 Å². The summed E-state index contributed by atoms with van der Waals surface area (Å²) in [5, 5.41) is 16.3. The van der Waals surface area contributed by atoms with E-state index in [4.69, 9.17) is 5.11 Å². The SMILES string of the molecule is Cc1cc(C)n(Cc2ccc(C(=O)Nc3ccc(CC(C)C(=O)O)cc3)cc2)n1. The summed E-state index contributed by atoms with van der Waals surface area (Å²) in [7, 11) is 0. The number of nitrogens with one attached hydrogen (secondary N) is 1. The summed E-state index contributed by atoms with van der Waals surface area (Å²) in [5.41, 5.74) is 5.34. The average Bonchev–Trinajstić information content (AvgIpc) is 3.00. The van der Waals surface area contributed by atoms with Gasteiger partial charge in [-0.05, 0) is 61.7 Å². The van der Waals surface area contributed by atoms with Gasteiger partial charge in [0.2, 0.25) is 0 Å². The smallest absolute Gasteiger partial charge is 0.306 e. The molecule has 1 atom stereocenters. The van der Waals surface area contributed by atoms with Crippen LogP contribution in [0.4, 0.5) is 5.69 Å². The molecule has 0 bridgehead atoms. The van der Waals surface area contributed by atoms with Crippen molar-refractivity contribution in [2.24, 2.45) is 5.92 Å². The van der Waals surface area contributed by atoms with E-state index in [1.54, 1.807) is 31.2 Å².